The summed E-state index contributed by atoms with van der Waals surface area (Å²) in [5.74, 6) is 1.67. The Bertz CT molecular complexity index is 1060. The number of nitrogens with one attached hydrogen (secondary N) is 2. The Balaban J connectivity index is 0.00000256. The minimum Gasteiger partial charge on any atom is -0.484 e. The van der Waals surface area contributed by atoms with Gasteiger partial charge < -0.3 is 25.9 Å². The van der Waals surface area contributed by atoms with Crippen molar-refractivity contribution in [3.8, 4) is 28.8 Å². The van der Waals surface area contributed by atoms with Gasteiger partial charge in [0, 0.05) is 44.2 Å². The van der Waals surface area contributed by atoms with Crippen molar-refractivity contribution in [3.63, 3.8) is 0 Å². The van der Waals surface area contributed by atoms with Crippen LogP contribution in [0.4, 0.5) is 5.69 Å². The molecule has 2 aromatic carbocycles. The van der Waals surface area contributed by atoms with Crippen LogP contribution < -0.4 is 20.5 Å². The van der Waals surface area contributed by atoms with Gasteiger partial charge >= 0.3 is 0 Å². The summed E-state index contributed by atoms with van der Waals surface area (Å²) in [5, 5.41) is 10.2. The Kier molecular flexibility index (Phi) is 6.59. The Morgan fingerprint density at radius 2 is 2.07 bits per heavy atom. The van der Waals surface area contributed by atoms with Crippen LogP contribution in [0.2, 0.25) is 0 Å². The monoisotopic (exact) mass is 409 g/mol. The summed E-state index contributed by atoms with van der Waals surface area (Å²) in [4.78, 5) is 20.5. The number of ether oxygens (including phenoxy) is 2. The number of carbonyl (C=O) groups is 1. The molecular weight excluding hydrogens is 382 g/mol. The van der Waals surface area contributed by atoms with Gasteiger partial charge in [-0.25, -0.2) is 4.98 Å². The van der Waals surface area contributed by atoms with E-state index in [1.54, 1.807) is 48.7 Å². The molecule has 3 aromatic rings. The average molecular weight is 409 g/mol. The Labute approximate surface area is 177 Å². The van der Waals surface area contributed by atoms with Crippen molar-refractivity contribution >= 4 is 17.8 Å². The number of rotatable bonds is 8. The van der Waals surface area contributed by atoms with Crippen LogP contribution in [-0.2, 0) is 4.79 Å². The van der Waals surface area contributed by atoms with Crippen LogP contribution >= 0.6 is 0 Å². The van der Waals surface area contributed by atoms with Gasteiger partial charge in [0.25, 0.3) is 5.91 Å². The van der Waals surface area contributed by atoms with Crippen LogP contribution in [0.3, 0.4) is 0 Å². The quantitative estimate of drug-likeness (QED) is 0.383. The highest BCUT2D eigenvalue weighted by molar-refractivity contribution is 5.85. The Morgan fingerprint density at radius 3 is 2.83 bits per heavy atom. The number of nitrogen functional groups attached to an aromatic ring is 1. The van der Waals surface area contributed by atoms with Gasteiger partial charge in [-0.2, -0.15) is 4.98 Å². The number of nitrogens with two attached hydrogens (primary N) is 1. The van der Waals surface area contributed by atoms with E-state index in [9.17, 15) is 4.79 Å². The number of nitrogens with zero attached hydrogens (tertiary/aromatic N) is 2. The molecule has 0 aliphatic rings. The van der Waals surface area contributed by atoms with Gasteiger partial charge in [-0.1, -0.05) is 12.1 Å². The molecule has 4 N–H and O–H groups in total. The summed E-state index contributed by atoms with van der Waals surface area (Å²) in [6, 6.07) is 13.9. The predicted molar refractivity (Wildman–Crippen MR) is 119 cm³/mol. The maximum Gasteiger partial charge on any atom is 0.258 e. The first-order valence-electron chi connectivity index (χ1n) is 9.38. The SMILES string of the molecule is CC(C)NC(=O)COc1cccc(-c2nccc(Oc3ccc(N)c(C=N)c3)n2)c1.[HH].[HH]. The van der Waals surface area contributed by atoms with Gasteiger partial charge in [0.1, 0.15) is 11.5 Å². The molecular formula is C22H27N5O3. The van der Waals surface area contributed by atoms with Crippen LogP contribution in [0.1, 0.15) is 22.3 Å². The van der Waals surface area contributed by atoms with Crippen LogP contribution in [0.5, 0.6) is 17.4 Å². The van der Waals surface area contributed by atoms with Crippen molar-refractivity contribution < 1.29 is 17.1 Å². The maximum absolute atomic E-state index is 11.8. The van der Waals surface area contributed by atoms with Crippen LogP contribution in [0.15, 0.2) is 54.7 Å². The van der Waals surface area contributed by atoms with Gasteiger partial charge in [-0.15, -0.1) is 0 Å². The van der Waals surface area contributed by atoms with Crippen molar-refractivity contribution in [2.24, 2.45) is 0 Å². The van der Waals surface area contributed by atoms with Gasteiger partial charge in [-0.05, 0) is 44.2 Å². The fraction of sp³-hybridized carbons (Fsp3) is 0.182. The number of carbonyl (C=O) groups excluding carboxylic acids is 1. The summed E-state index contributed by atoms with van der Waals surface area (Å²) < 4.78 is 11.4. The second kappa shape index (κ2) is 9.51. The van der Waals surface area contributed by atoms with Crippen molar-refractivity contribution in [2.75, 3.05) is 12.3 Å². The zero-order valence-electron chi connectivity index (χ0n) is 16.8. The fourth-order valence-corrected chi connectivity index (χ4v) is 2.64. The van der Waals surface area contributed by atoms with Gasteiger partial charge in [0.15, 0.2) is 12.4 Å². The van der Waals surface area contributed by atoms with Gasteiger partial charge in [0.05, 0.1) is 0 Å². The van der Waals surface area contributed by atoms with Gasteiger partial charge in [0.2, 0.25) is 5.88 Å². The lowest BCUT2D eigenvalue weighted by Gasteiger charge is -2.11. The van der Waals surface area contributed by atoms with Crippen molar-refractivity contribution in [1.82, 2.24) is 15.3 Å². The highest BCUT2D eigenvalue weighted by Gasteiger charge is 2.09. The lowest BCUT2D eigenvalue weighted by molar-refractivity contribution is -0.123. The number of hydrogen-bond donors (Lipinski definition) is 3. The molecule has 0 radical (unpaired) electrons. The highest BCUT2D eigenvalue weighted by atomic mass is 16.5. The van der Waals surface area contributed by atoms with Crippen molar-refractivity contribution in [2.45, 2.75) is 19.9 Å². The summed E-state index contributed by atoms with van der Waals surface area (Å²) in [6.07, 6.45) is 2.76. The molecule has 0 aliphatic carbocycles. The second-order valence-electron chi connectivity index (χ2n) is 6.79. The van der Waals surface area contributed by atoms with E-state index >= 15 is 0 Å². The lowest BCUT2D eigenvalue weighted by Crippen LogP contribution is -2.34. The highest BCUT2D eigenvalue weighted by Crippen LogP contribution is 2.26. The van der Waals surface area contributed by atoms with E-state index in [4.69, 9.17) is 20.6 Å². The molecule has 0 saturated heterocycles. The average Bonchev–Trinajstić information content (AvgIpc) is 2.73. The van der Waals surface area contributed by atoms with E-state index in [2.05, 4.69) is 15.3 Å². The molecule has 0 atom stereocenters. The zero-order valence-corrected chi connectivity index (χ0v) is 16.8. The predicted octanol–water partition coefficient (Wildman–Crippen LogP) is 3.91. The van der Waals surface area contributed by atoms with E-state index in [0.717, 1.165) is 5.56 Å². The topological polar surface area (TPSA) is 123 Å². The third-order valence-electron chi connectivity index (χ3n) is 3.98. The maximum atomic E-state index is 11.8. The van der Waals surface area contributed by atoms with Gasteiger partial charge in [-0.3, -0.25) is 4.79 Å². The van der Waals surface area contributed by atoms with E-state index < -0.39 is 0 Å². The Hall–Kier alpha value is -3.94. The van der Waals surface area contributed by atoms with Crippen LogP contribution in [-0.4, -0.2) is 34.7 Å². The molecule has 0 saturated carbocycles. The normalized spacial score (nSPS) is 10.5. The third-order valence-corrected chi connectivity index (χ3v) is 3.98. The summed E-state index contributed by atoms with van der Waals surface area (Å²) in [5.41, 5.74) is 7.59. The first kappa shape index (κ1) is 20.8. The molecule has 0 unspecified atom stereocenters. The molecule has 1 heterocycles. The van der Waals surface area contributed by atoms with E-state index in [1.165, 1.54) is 6.21 Å². The minimum atomic E-state index is -0.185. The number of benzene rings is 2. The van der Waals surface area contributed by atoms with Crippen molar-refractivity contribution in [1.29, 1.82) is 5.41 Å². The first-order chi connectivity index (χ1) is 14.4. The van der Waals surface area contributed by atoms with E-state index in [-0.39, 0.29) is 21.4 Å². The molecule has 0 aliphatic heterocycles. The summed E-state index contributed by atoms with van der Waals surface area (Å²) >= 11 is 0. The molecule has 8 heteroatoms. The van der Waals surface area contributed by atoms with E-state index in [0.29, 0.717) is 34.5 Å². The molecule has 8 nitrogen and oxygen atoms in total. The molecule has 3 rings (SSSR count). The number of amides is 1. The largest absolute Gasteiger partial charge is 0.484 e. The first-order valence-corrected chi connectivity index (χ1v) is 9.38. The van der Waals surface area contributed by atoms with Crippen LogP contribution in [0, 0.1) is 5.41 Å². The standard InChI is InChI=1S/C22H23N5O3.2H2/c1-14(2)26-20(28)13-29-17-5-3-4-15(10-17)22-25-9-8-21(27-22)30-18-6-7-19(24)16(11-18)12-23;;/h3-12,14,23H,13,24H2,1-2H3,(H,26,28);2*1H. The molecule has 0 spiro atoms. The Morgan fingerprint density at radius 1 is 1.23 bits per heavy atom. The lowest BCUT2D eigenvalue weighted by atomic mass is 10.2. The minimum absolute atomic E-state index is 0. The van der Waals surface area contributed by atoms with E-state index in [1.807, 2.05) is 19.9 Å². The molecule has 0 fully saturated rings. The summed E-state index contributed by atoms with van der Waals surface area (Å²) in [7, 11) is 0. The second-order valence-corrected chi connectivity index (χ2v) is 6.79. The number of anilines is 1. The zero-order chi connectivity index (χ0) is 21.5. The van der Waals surface area contributed by atoms with Crippen LogP contribution in [0.25, 0.3) is 11.4 Å². The molecule has 1 amide bonds. The molecule has 0 bridgehead atoms. The third kappa shape index (κ3) is 5.54. The number of aromatic nitrogens is 2. The molecule has 30 heavy (non-hydrogen) atoms. The fourth-order valence-electron chi connectivity index (χ4n) is 2.64. The number of hydrogen-bond acceptors (Lipinski definition) is 7. The van der Waals surface area contributed by atoms with Crippen molar-refractivity contribution in [3.05, 3.63) is 60.3 Å². The molecule has 158 valence electrons. The molecule has 1 aromatic heterocycles. The summed E-state index contributed by atoms with van der Waals surface area (Å²) in [6.45, 7) is 3.71. The smallest absolute Gasteiger partial charge is 0.258 e.